The van der Waals surface area contributed by atoms with Crippen LogP contribution in [0.25, 0.3) is 0 Å². The molecule has 0 aromatic heterocycles. The van der Waals surface area contributed by atoms with Crippen LogP contribution in [-0.2, 0) is 10.2 Å². The topological polar surface area (TPSA) is 41.6 Å². The Hall–Kier alpha value is -1.55. The molecule has 1 unspecified atom stereocenters. The molecule has 2 rings (SSSR count). The number of rotatable bonds is 4. The Morgan fingerprint density at radius 3 is 2.25 bits per heavy atom. The molecule has 1 atom stereocenters. The van der Waals surface area contributed by atoms with E-state index >= 15 is 0 Å². The normalized spacial score (nSPS) is 20.2. The number of carbonyl (C=O) groups is 1. The van der Waals surface area contributed by atoms with Crippen molar-refractivity contribution in [1.29, 1.82) is 0 Å². The number of urea groups is 1. The number of hydrogen-bond donors (Lipinski definition) is 1. The van der Waals surface area contributed by atoms with Gasteiger partial charge in [0.15, 0.2) is 0 Å². The van der Waals surface area contributed by atoms with E-state index in [-0.39, 0.29) is 17.5 Å². The predicted octanol–water partition coefficient (Wildman–Crippen LogP) is 5.14. The van der Waals surface area contributed by atoms with Gasteiger partial charge in [-0.2, -0.15) is 0 Å². The second kappa shape index (κ2) is 7.14. The van der Waals surface area contributed by atoms with Gasteiger partial charge in [-0.3, -0.25) is 4.90 Å². The maximum absolute atomic E-state index is 12.9. The van der Waals surface area contributed by atoms with Crippen LogP contribution in [0.2, 0.25) is 0 Å². The van der Waals surface area contributed by atoms with Gasteiger partial charge < -0.3 is 10.1 Å². The molecule has 2 amide bonds. The Labute approximate surface area is 146 Å². The summed E-state index contributed by atoms with van der Waals surface area (Å²) >= 11 is 0. The molecule has 0 radical (unpaired) electrons. The van der Waals surface area contributed by atoms with Crippen molar-refractivity contribution in [2.45, 2.75) is 78.0 Å². The molecular formula is C20H32N2O2. The zero-order chi connectivity index (χ0) is 18.0. The Morgan fingerprint density at radius 1 is 1.21 bits per heavy atom. The molecule has 4 heteroatoms. The molecule has 0 aliphatic carbocycles. The minimum absolute atomic E-state index is 0.0634. The third kappa shape index (κ3) is 3.59. The molecule has 1 aromatic carbocycles. The van der Waals surface area contributed by atoms with Gasteiger partial charge in [0.1, 0.15) is 5.72 Å². The Balaban J connectivity index is 2.18. The van der Waals surface area contributed by atoms with Crippen LogP contribution in [-0.4, -0.2) is 29.3 Å². The minimum Gasteiger partial charge on any atom is -0.353 e. The third-order valence-corrected chi connectivity index (χ3v) is 5.15. The first-order valence-electron chi connectivity index (χ1n) is 9.12. The van der Waals surface area contributed by atoms with E-state index in [0.717, 1.165) is 24.9 Å². The highest BCUT2D eigenvalue weighted by molar-refractivity contribution is 5.90. The second-order valence-corrected chi connectivity index (χ2v) is 7.65. The summed E-state index contributed by atoms with van der Waals surface area (Å²) in [7, 11) is 0. The lowest BCUT2D eigenvalue weighted by atomic mass is 9.87. The molecule has 134 valence electrons. The zero-order valence-corrected chi connectivity index (χ0v) is 16.0. The maximum Gasteiger partial charge on any atom is 0.324 e. The first kappa shape index (κ1) is 18.8. The van der Waals surface area contributed by atoms with Crippen molar-refractivity contribution in [3.05, 3.63) is 29.8 Å². The smallest absolute Gasteiger partial charge is 0.324 e. The van der Waals surface area contributed by atoms with Gasteiger partial charge in [0, 0.05) is 5.69 Å². The van der Waals surface area contributed by atoms with Gasteiger partial charge in [0.2, 0.25) is 0 Å². The van der Waals surface area contributed by atoms with E-state index in [0.29, 0.717) is 6.61 Å². The number of carbonyl (C=O) groups excluding carboxylic acids is 1. The first-order chi connectivity index (χ1) is 11.3. The average molecular weight is 332 g/mol. The van der Waals surface area contributed by atoms with E-state index in [9.17, 15) is 4.79 Å². The molecule has 1 fully saturated rings. The average Bonchev–Trinajstić information content (AvgIpc) is 2.93. The summed E-state index contributed by atoms with van der Waals surface area (Å²) in [4.78, 5) is 14.9. The molecule has 1 saturated heterocycles. The molecule has 0 saturated carbocycles. The Kier molecular flexibility index (Phi) is 5.59. The van der Waals surface area contributed by atoms with Gasteiger partial charge in [-0.05, 0) is 42.4 Å². The van der Waals surface area contributed by atoms with Crippen LogP contribution in [0.3, 0.4) is 0 Å². The molecular weight excluding hydrogens is 300 g/mol. The van der Waals surface area contributed by atoms with E-state index in [1.807, 2.05) is 17.0 Å². The Morgan fingerprint density at radius 2 is 1.79 bits per heavy atom. The van der Waals surface area contributed by atoms with Crippen LogP contribution in [0, 0.1) is 0 Å². The van der Waals surface area contributed by atoms with Crippen LogP contribution in [0.15, 0.2) is 24.3 Å². The molecule has 24 heavy (non-hydrogen) atoms. The number of amides is 2. The lowest BCUT2D eigenvalue weighted by Gasteiger charge is -2.38. The largest absolute Gasteiger partial charge is 0.353 e. The molecule has 4 nitrogen and oxygen atoms in total. The molecule has 1 N–H and O–H groups in total. The molecule has 1 aliphatic heterocycles. The number of hydrogen-bond acceptors (Lipinski definition) is 2. The van der Waals surface area contributed by atoms with Gasteiger partial charge in [0.05, 0.1) is 12.6 Å². The van der Waals surface area contributed by atoms with E-state index in [1.54, 1.807) is 0 Å². The minimum atomic E-state index is -0.476. The van der Waals surface area contributed by atoms with Crippen molar-refractivity contribution in [1.82, 2.24) is 4.90 Å². The van der Waals surface area contributed by atoms with Crippen molar-refractivity contribution in [3.63, 3.8) is 0 Å². The van der Waals surface area contributed by atoms with Gasteiger partial charge in [0.25, 0.3) is 0 Å². The number of benzene rings is 1. The monoisotopic (exact) mass is 332 g/mol. The van der Waals surface area contributed by atoms with Crippen LogP contribution < -0.4 is 5.32 Å². The van der Waals surface area contributed by atoms with Crippen molar-refractivity contribution >= 4 is 11.7 Å². The standard InChI is InChI=1S/C20H32N2O2/c1-7-17-14-24-20(8-2,9-3)22(17)18(23)21-16-12-10-15(11-13-16)19(4,5)6/h10-13,17H,7-9,14H2,1-6H3,(H,21,23). The van der Waals surface area contributed by atoms with Crippen LogP contribution in [0.5, 0.6) is 0 Å². The van der Waals surface area contributed by atoms with Gasteiger partial charge >= 0.3 is 6.03 Å². The zero-order valence-electron chi connectivity index (χ0n) is 16.0. The van der Waals surface area contributed by atoms with E-state index in [4.69, 9.17) is 4.74 Å². The van der Waals surface area contributed by atoms with Gasteiger partial charge in [-0.15, -0.1) is 0 Å². The highest BCUT2D eigenvalue weighted by Crippen LogP contribution is 2.35. The third-order valence-electron chi connectivity index (χ3n) is 5.15. The number of ether oxygens (including phenoxy) is 1. The SMILES string of the molecule is CCC1COC(CC)(CC)N1C(=O)Nc1ccc(C(C)(C)C)cc1. The second-order valence-electron chi connectivity index (χ2n) is 7.65. The van der Waals surface area contributed by atoms with Crippen LogP contribution >= 0.6 is 0 Å². The number of anilines is 1. The molecule has 0 spiro atoms. The van der Waals surface area contributed by atoms with Gasteiger partial charge in [-0.1, -0.05) is 53.7 Å². The number of nitrogens with zero attached hydrogens (tertiary/aromatic N) is 1. The lowest BCUT2D eigenvalue weighted by Crippen LogP contribution is -2.52. The fourth-order valence-corrected chi connectivity index (χ4v) is 3.41. The van der Waals surface area contributed by atoms with Crippen LogP contribution in [0.1, 0.15) is 66.4 Å². The van der Waals surface area contributed by atoms with Gasteiger partial charge in [-0.25, -0.2) is 4.79 Å². The van der Waals surface area contributed by atoms with E-state index < -0.39 is 5.72 Å². The van der Waals surface area contributed by atoms with Crippen molar-refractivity contribution in [2.75, 3.05) is 11.9 Å². The molecule has 1 heterocycles. The molecule has 1 aliphatic rings. The maximum atomic E-state index is 12.9. The number of nitrogens with one attached hydrogen (secondary N) is 1. The fourth-order valence-electron chi connectivity index (χ4n) is 3.41. The summed E-state index contributed by atoms with van der Waals surface area (Å²) in [6.07, 6.45) is 2.50. The molecule has 0 bridgehead atoms. The summed E-state index contributed by atoms with van der Waals surface area (Å²) in [6.45, 7) is 13.4. The summed E-state index contributed by atoms with van der Waals surface area (Å²) in [5.74, 6) is 0. The van der Waals surface area contributed by atoms with Crippen molar-refractivity contribution in [3.8, 4) is 0 Å². The predicted molar refractivity (Wildman–Crippen MR) is 99.3 cm³/mol. The van der Waals surface area contributed by atoms with E-state index in [1.165, 1.54) is 5.56 Å². The first-order valence-corrected chi connectivity index (χ1v) is 9.12. The highest BCUT2D eigenvalue weighted by Gasteiger charge is 2.47. The van der Waals surface area contributed by atoms with Crippen molar-refractivity contribution in [2.24, 2.45) is 0 Å². The Bertz CT molecular complexity index is 556. The summed E-state index contributed by atoms with van der Waals surface area (Å²) in [5.41, 5.74) is 1.72. The fraction of sp³-hybridized carbons (Fsp3) is 0.650. The quantitative estimate of drug-likeness (QED) is 0.829. The van der Waals surface area contributed by atoms with E-state index in [2.05, 4.69) is 59.0 Å². The lowest BCUT2D eigenvalue weighted by molar-refractivity contribution is -0.0684. The summed E-state index contributed by atoms with van der Waals surface area (Å²) in [5, 5.41) is 3.06. The summed E-state index contributed by atoms with van der Waals surface area (Å²) < 4.78 is 6.04. The van der Waals surface area contributed by atoms with Crippen molar-refractivity contribution < 1.29 is 9.53 Å². The highest BCUT2D eigenvalue weighted by atomic mass is 16.5. The summed E-state index contributed by atoms with van der Waals surface area (Å²) in [6, 6.07) is 8.21. The van der Waals surface area contributed by atoms with Crippen LogP contribution in [0.4, 0.5) is 10.5 Å². The molecule has 1 aromatic rings.